The number of hydrogen-bond donors (Lipinski definition) is 1. The predicted octanol–water partition coefficient (Wildman–Crippen LogP) is 3.07. The van der Waals surface area contributed by atoms with E-state index in [-0.39, 0.29) is 6.42 Å². The fraction of sp³-hybridized carbons (Fsp3) is 0.900. The Hall–Kier alpha value is -0.850. The molecule has 0 aliphatic rings. The maximum absolute atomic E-state index is 12.4. The van der Waals surface area contributed by atoms with Crippen molar-refractivity contribution in [1.29, 1.82) is 0 Å². The summed E-state index contributed by atoms with van der Waals surface area (Å²) in [6, 6.07) is 0. The van der Waals surface area contributed by atoms with Crippen molar-refractivity contribution >= 4 is 5.97 Å². The summed E-state index contributed by atoms with van der Waals surface area (Å²) in [5, 5.41) is 7.78. The highest BCUT2D eigenvalue weighted by molar-refractivity contribution is 5.69. The molecule has 0 aliphatic carbocycles. The first-order valence-electron chi connectivity index (χ1n) is 5.40. The molecule has 0 unspecified atom stereocenters. The number of esters is 1. The summed E-state index contributed by atoms with van der Waals surface area (Å²) in [5.74, 6) is -1.44. The minimum absolute atomic E-state index is 0.298. The SMILES string of the molecule is CCCCCCCC(=O)OC(F)(F)C(O)(F)F. The van der Waals surface area contributed by atoms with E-state index in [1.165, 1.54) is 0 Å². The lowest BCUT2D eigenvalue weighted by molar-refractivity contribution is -0.404. The summed E-state index contributed by atoms with van der Waals surface area (Å²) in [5.41, 5.74) is 0. The van der Waals surface area contributed by atoms with Gasteiger partial charge in [-0.1, -0.05) is 32.6 Å². The molecule has 1 N–H and O–H groups in total. The summed E-state index contributed by atoms with van der Waals surface area (Å²) >= 11 is 0. The van der Waals surface area contributed by atoms with Crippen molar-refractivity contribution in [2.45, 2.75) is 57.7 Å². The number of rotatable bonds is 8. The van der Waals surface area contributed by atoms with E-state index in [1.807, 2.05) is 6.92 Å². The molecule has 0 aromatic heterocycles. The van der Waals surface area contributed by atoms with Gasteiger partial charge in [0, 0.05) is 6.42 Å². The monoisotopic (exact) mass is 260 g/mol. The standard InChI is InChI=1S/C10H16F4O3/c1-2-3-4-5-6-7-8(15)17-10(13,14)9(11,12)16/h16H,2-7H2,1H3. The van der Waals surface area contributed by atoms with Crippen LogP contribution in [0.2, 0.25) is 0 Å². The third kappa shape index (κ3) is 6.45. The second kappa shape index (κ2) is 6.78. The van der Waals surface area contributed by atoms with Crippen molar-refractivity contribution in [2.24, 2.45) is 0 Å². The Morgan fingerprint density at radius 1 is 1.12 bits per heavy atom. The highest BCUT2D eigenvalue weighted by atomic mass is 19.3. The Bertz CT molecular complexity index is 238. The maximum atomic E-state index is 12.4. The van der Waals surface area contributed by atoms with Crippen molar-refractivity contribution in [2.75, 3.05) is 0 Å². The van der Waals surface area contributed by atoms with E-state index < -0.39 is 18.2 Å². The zero-order valence-corrected chi connectivity index (χ0v) is 9.52. The number of aliphatic hydroxyl groups is 1. The molecule has 0 saturated heterocycles. The van der Waals surface area contributed by atoms with Gasteiger partial charge < -0.3 is 9.84 Å². The summed E-state index contributed by atoms with van der Waals surface area (Å²) in [6.07, 6.45) is -7.17. The van der Waals surface area contributed by atoms with Crippen LogP contribution in [0.25, 0.3) is 0 Å². The lowest BCUT2D eigenvalue weighted by atomic mass is 10.1. The molecular formula is C10H16F4O3. The Morgan fingerprint density at radius 2 is 1.65 bits per heavy atom. The lowest BCUT2D eigenvalue weighted by Gasteiger charge is -2.20. The van der Waals surface area contributed by atoms with E-state index in [0.29, 0.717) is 12.8 Å². The molecule has 3 nitrogen and oxygen atoms in total. The molecule has 7 heteroatoms. The normalized spacial score (nSPS) is 12.6. The number of carbonyl (C=O) groups is 1. The molecule has 0 saturated carbocycles. The number of hydrogen-bond acceptors (Lipinski definition) is 3. The molecule has 0 aliphatic heterocycles. The molecule has 0 fully saturated rings. The number of alkyl halides is 4. The molecule has 0 radical (unpaired) electrons. The maximum Gasteiger partial charge on any atom is 0.495 e. The van der Waals surface area contributed by atoms with E-state index in [4.69, 9.17) is 5.11 Å². The van der Waals surface area contributed by atoms with Gasteiger partial charge in [0.1, 0.15) is 0 Å². The zero-order valence-electron chi connectivity index (χ0n) is 9.52. The number of halogens is 4. The van der Waals surface area contributed by atoms with Crippen LogP contribution in [0.3, 0.4) is 0 Å². The molecule has 0 spiro atoms. The van der Waals surface area contributed by atoms with Gasteiger partial charge in [-0.3, -0.25) is 4.79 Å². The molecule has 0 aromatic rings. The predicted molar refractivity (Wildman–Crippen MR) is 51.6 cm³/mol. The average Bonchev–Trinajstić information content (AvgIpc) is 2.14. The highest BCUT2D eigenvalue weighted by Gasteiger charge is 2.59. The molecule has 0 amide bonds. The van der Waals surface area contributed by atoms with Crippen LogP contribution < -0.4 is 0 Å². The Balaban J connectivity index is 3.87. The zero-order chi connectivity index (χ0) is 13.5. The van der Waals surface area contributed by atoms with Gasteiger partial charge in [0.25, 0.3) is 0 Å². The fourth-order valence-corrected chi connectivity index (χ4v) is 1.13. The third-order valence-corrected chi connectivity index (χ3v) is 2.08. The fourth-order valence-electron chi connectivity index (χ4n) is 1.13. The van der Waals surface area contributed by atoms with Crippen LogP contribution >= 0.6 is 0 Å². The van der Waals surface area contributed by atoms with Crippen LogP contribution in [0.15, 0.2) is 0 Å². The number of carbonyl (C=O) groups excluding carboxylic acids is 1. The molecule has 0 bridgehead atoms. The first kappa shape index (κ1) is 16.1. The van der Waals surface area contributed by atoms with Gasteiger partial charge in [-0.05, 0) is 6.42 Å². The minimum atomic E-state index is -5.36. The molecule has 0 atom stereocenters. The van der Waals surface area contributed by atoms with Gasteiger partial charge in [0.15, 0.2) is 0 Å². The van der Waals surface area contributed by atoms with E-state index in [2.05, 4.69) is 4.74 Å². The number of unbranched alkanes of at least 4 members (excludes halogenated alkanes) is 4. The van der Waals surface area contributed by atoms with Gasteiger partial charge in [0.05, 0.1) is 0 Å². The second-order valence-corrected chi connectivity index (χ2v) is 3.70. The van der Waals surface area contributed by atoms with Crippen LogP contribution in [0.5, 0.6) is 0 Å². The van der Waals surface area contributed by atoms with E-state index in [9.17, 15) is 22.4 Å². The van der Waals surface area contributed by atoms with Crippen molar-refractivity contribution in [3.05, 3.63) is 0 Å². The molecule has 102 valence electrons. The Labute approximate surface area is 96.8 Å². The van der Waals surface area contributed by atoms with Gasteiger partial charge in [-0.2, -0.15) is 17.6 Å². The first-order chi connectivity index (χ1) is 7.70. The van der Waals surface area contributed by atoms with Crippen molar-refractivity contribution in [1.82, 2.24) is 0 Å². The van der Waals surface area contributed by atoms with Crippen molar-refractivity contribution in [3.8, 4) is 0 Å². The molecular weight excluding hydrogens is 244 g/mol. The summed E-state index contributed by atoms with van der Waals surface area (Å²) in [4.78, 5) is 10.8. The lowest BCUT2D eigenvalue weighted by Crippen LogP contribution is -2.44. The first-order valence-corrected chi connectivity index (χ1v) is 5.40. The van der Waals surface area contributed by atoms with Crippen LogP contribution in [-0.2, 0) is 9.53 Å². The quantitative estimate of drug-likeness (QED) is 0.414. The van der Waals surface area contributed by atoms with E-state index in [0.717, 1.165) is 19.3 Å². The largest absolute Gasteiger partial charge is 0.495 e. The van der Waals surface area contributed by atoms with Crippen LogP contribution in [-0.4, -0.2) is 23.3 Å². The molecule has 0 rings (SSSR count). The van der Waals surface area contributed by atoms with E-state index in [1.54, 1.807) is 0 Å². The van der Waals surface area contributed by atoms with Gasteiger partial charge in [-0.25, -0.2) is 0 Å². The average molecular weight is 260 g/mol. The van der Waals surface area contributed by atoms with Gasteiger partial charge in [-0.15, -0.1) is 0 Å². The van der Waals surface area contributed by atoms with Crippen LogP contribution in [0, 0.1) is 0 Å². The van der Waals surface area contributed by atoms with E-state index >= 15 is 0 Å². The smallest absolute Gasteiger partial charge is 0.394 e. The van der Waals surface area contributed by atoms with Crippen molar-refractivity contribution < 1.29 is 32.2 Å². The van der Waals surface area contributed by atoms with Crippen molar-refractivity contribution in [3.63, 3.8) is 0 Å². The topological polar surface area (TPSA) is 46.5 Å². The third-order valence-electron chi connectivity index (χ3n) is 2.08. The van der Waals surface area contributed by atoms with Gasteiger partial charge >= 0.3 is 18.2 Å². The van der Waals surface area contributed by atoms with Gasteiger partial charge in [0.2, 0.25) is 0 Å². The highest BCUT2D eigenvalue weighted by Crippen LogP contribution is 2.33. The summed E-state index contributed by atoms with van der Waals surface area (Å²) in [7, 11) is 0. The molecule has 0 heterocycles. The molecule has 17 heavy (non-hydrogen) atoms. The summed E-state index contributed by atoms with van der Waals surface area (Å²) in [6.45, 7) is 1.98. The van der Waals surface area contributed by atoms with Crippen LogP contribution in [0.4, 0.5) is 17.6 Å². The minimum Gasteiger partial charge on any atom is -0.394 e. The summed E-state index contributed by atoms with van der Waals surface area (Å²) < 4.78 is 51.7. The number of ether oxygens (including phenoxy) is 1. The molecule has 0 aromatic carbocycles. The van der Waals surface area contributed by atoms with Crippen LogP contribution in [0.1, 0.15) is 45.4 Å². The Morgan fingerprint density at radius 3 is 2.12 bits per heavy atom. The Kier molecular flexibility index (Phi) is 6.44. The second-order valence-electron chi connectivity index (χ2n) is 3.70.